The first kappa shape index (κ1) is 14.7. The van der Waals surface area contributed by atoms with Gasteiger partial charge in [0.05, 0.1) is 6.33 Å². The average molecular weight is 311 g/mol. The molecular weight excluding hydrogens is 286 g/mol. The van der Waals surface area contributed by atoms with Gasteiger partial charge >= 0.3 is 0 Å². The SMILES string of the molecule is Cc1cccc(N2CCC3(CCCN3Cc3cnc[nH]3)CC2)n1. The molecule has 2 aliphatic heterocycles. The first-order valence-corrected chi connectivity index (χ1v) is 8.66. The topological polar surface area (TPSA) is 48.0 Å². The molecule has 0 aliphatic carbocycles. The van der Waals surface area contributed by atoms with Crippen molar-refractivity contribution < 1.29 is 0 Å². The van der Waals surface area contributed by atoms with Crippen molar-refractivity contribution in [1.29, 1.82) is 0 Å². The molecule has 0 radical (unpaired) electrons. The van der Waals surface area contributed by atoms with Crippen molar-refractivity contribution in [2.24, 2.45) is 0 Å². The summed E-state index contributed by atoms with van der Waals surface area (Å²) in [6, 6.07) is 6.32. The molecule has 122 valence electrons. The molecule has 5 nitrogen and oxygen atoms in total. The summed E-state index contributed by atoms with van der Waals surface area (Å²) >= 11 is 0. The number of H-pyrrole nitrogens is 1. The van der Waals surface area contributed by atoms with Crippen LogP contribution in [0.15, 0.2) is 30.7 Å². The molecule has 2 aliphatic rings. The maximum Gasteiger partial charge on any atom is 0.128 e. The third-order valence-electron chi connectivity index (χ3n) is 5.55. The van der Waals surface area contributed by atoms with E-state index in [1.54, 1.807) is 6.33 Å². The summed E-state index contributed by atoms with van der Waals surface area (Å²) in [6.07, 6.45) is 8.85. The summed E-state index contributed by atoms with van der Waals surface area (Å²) in [5.74, 6) is 1.14. The van der Waals surface area contributed by atoms with Crippen LogP contribution in [0.3, 0.4) is 0 Å². The van der Waals surface area contributed by atoms with Gasteiger partial charge in [0, 0.05) is 42.8 Å². The van der Waals surface area contributed by atoms with Gasteiger partial charge in [-0.1, -0.05) is 6.07 Å². The highest BCUT2D eigenvalue weighted by Gasteiger charge is 2.43. The summed E-state index contributed by atoms with van der Waals surface area (Å²) in [5.41, 5.74) is 2.71. The Bertz CT molecular complexity index is 643. The molecule has 4 heterocycles. The van der Waals surface area contributed by atoms with Gasteiger partial charge in [0.1, 0.15) is 5.82 Å². The van der Waals surface area contributed by atoms with Crippen LogP contribution in [0.5, 0.6) is 0 Å². The second-order valence-corrected chi connectivity index (χ2v) is 6.95. The number of pyridine rings is 1. The van der Waals surface area contributed by atoms with Gasteiger partial charge in [-0.15, -0.1) is 0 Å². The quantitative estimate of drug-likeness (QED) is 0.947. The minimum Gasteiger partial charge on any atom is -0.356 e. The largest absolute Gasteiger partial charge is 0.356 e. The zero-order chi connectivity index (χ0) is 15.7. The van der Waals surface area contributed by atoms with Gasteiger partial charge in [0.25, 0.3) is 0 Å². The maximum absolute atomic E-state index is 4.69. The zero-order valence-corrected chi connectivity index (χ0v) is 13.8. The van der Waals surface area contributed by atoms with Crippen LogP contribution in [0.4, 0.5) is 5.82 Å². The number of imidazole rings is 1. The van der Waals surface area contributed by atoms with Crippen LogP contribution in [0, 0.1) is 6.92 Å². The first-order chi connectivity index (χ1) is 11.3. The van der Waals surface area contributed by atoms with Crippen LogP contribution in [0.1, 0.15) is 37.1 Å². The van der Waals surface area contributed by atoms with Gasteiger partial charge in [-0.05, 0) is 51.3 Å². The number of aromatic nitrogens is 3. The first-order valence-electron chi connectivity index (χ1n) is 8.66. The van der Waals surface area contributed by atoms with E-state index >= 15 is 0 Å². The molecule has 2 saturated heterocycles. The Morgan fingerprint density at radius 3 is 2.78 bits per heavy atom. The molecule has 23 heavy (non-hydrogen) atoms. The van der Waals surface area contributed by atoms with Crippen molar-refractivity contribution in [3.63, 3.8) is 0 Å². The van der Waals surface area contributed by atoms with Gasteiger partial charge in [0.2, 0.25) is 0 Å². The van der Waals surface area contributed by atoms with Gasteiger partial charge in [-0.2, -0.15) is 0 Å². The van der Waals surface area contributed by atoms with Crippen molar-refractivity contribution in [2.45, 2.75) is 44.7 Å². The predicted octanol–water partition coefficient (Wildman–Crippen LogP) is 2.75. The Morgan fingerprint density at radius 2 is 2.04 bits per heavy atom. The van der Waals surface area contributed by atoms with E-state index in [-0.39, 0.29) is 0 Å². The van der Waals surface area contributed by atoms with E-state index in [1.807, 2.05) is 6.20 Å². The van der Waals surface area contributed by atoms with Crippen molar-refractivity contribution in [3.8, 4) is 0 Å². The molecule has 1 spiro atoms. The van der Waals surface area contributed by atoms with E-state index in [4.69, 9.17) is 4.98 Å². The fraction of sp³-hybridized carbons (Fsp3) is 0.556. The molecule has 0 amide bonds. The summed E-state index contributed by atoms with van der Waals surface area (Å²) < 4.78 is 0. The number of hydrogen-bond acceptors (Lipinski definition) is 4. The van der Waals surface area contributed by atoms with Crippen LogP contribution < -0.4 is 4.90 Å². The van der Waals surface area contributed by atoms with Gasteiger partial charge < -0.3 is 9.88 Å². The van der Waals surface area contributed by atoms with Crippen LogP contribution in [0.25, 0.3) is 0 Å². The smallest absolute Gasteiger partial charge is 0.128 e. The molecule has 2 aromatic heterocycles. The van der Waals surface area contributed by atoms with Crippen LogP contribution in [-0.2, 0) is 6.54 Å². The Hall–Kier alpha value is -1.88. The summed E-state index contributed by atoms with van der Waals surface area (Å²) in [7, 11) is 0. The highest BCUT2D eigenvalue weighted by molar-refractivity contribution is 5.40. The second-order valence-electron chi connectivity index (χ2n) is 6.95. The lowest BCUT2D eigenvalue weighted by molar-refractivity contribution is 0.0985. The molecule has 5 heteroatoms. The van der Waals surface area contributed by atoms with Crippen LogP contribution in [-0.4, -0.2) is 45.0 Å². The fourth-order valence-electron chi connectivity index (χ4n) is 4.24. The van der Waals surface area contributed by atoms with Crippen molar-refractivity contribution in [3.05, 3.63) is 42.1 Å². The molecule has 0 saturated carbocycles. The lowest BCUT2D eigenvalue weighted by atomic mass is 9.85. The van der Waals surface area contributed by atoms with Crippen molar-refractivity contribution in [2.75, 3.05) is 24.5 Å². The number of piperidine rings is 1. The molecule has 1 N–H and O–H groups in total. The Kier molecular flexibility index (Phi) is 3.81. The van der Waals surface area contributed by atoms with E-state index in [2.05, 4.69) is 44.9 Å². The number of hydrogen-bond donors (Lipinski definition) is 1. The molecule has 0 bridgehead atoms. The molecule has 0 unspecified atom stereocenters. The van der Waals surface area contributed by atoms with Gasteiger partial charge in [-0.25, -0.2) is 9.97 Å². The minimum absolute atomic E-state index is 0.380. The number of nitrogens with one attached hydrogen (secondary N) is 1. The van der Waals surface area contributed by atoms with Gasteiger partial charge in [-0.3, -0.25) is 4.90 Å². The summed E-state index contributed by atoms with van der Waals surface area (Å²) in [6.45, 7) is 6.49. The summed E-state index contributed by atoms with van der Waals surface area (Å²) in [5, 5.41) is 0. The standard InChI is InChI=1S/C18H25N5/c1-15-4-2-5-17(21-15)22-10-7-18(8-11-22)6-3-9-23(18)13-16-12-19-14-20-16/h2,4-5,12,14H,3,6-11,13H2,1H3,(H,19,20). The zero-order valence-electron chi connectivity index (χ0n) is 13.8. The van der Waals surface area contributed by atoms with Crippen molar-refractivity contribution in [1.82, 2.24) is 19.9 Å². The Balaban J connectivity index is 1.45. The lowest BCUT2D eigenvalue weighted by Gasteiger charge is -2.45. The second kappa shape index (κ2) is 5.96. The molecular formula is C18H25N5. The Morgan fingerprint density at radius 1 is 1.17 bits per heavy atom. The number of likely N-dealkylation sites (tertiary alicyclic amines) is 1. The number of nitrogens with zero attached hydrogens (tertiary/aromatic N) is 4. The third kappa shape index (κ3) is 2.85. The van der Waals surface area contributed by atoms with E-state index in [0.29, 0.717) is 5.54 Å². The number of aromatic amines is 1. The number of anilines is 1. The van der Waals surface area contributed by atoms with E-state index in [9.17, 15) is 0 Å². The minimum atomic E-state index is 0.380. The van der Waals surface area contributed by atoms with Crippen LogP contribution >= 0.6 is 0 Å². The molecule has 2 aromatic rings. The molecule has 4 rings (SSSR count). The van der Waals surface area contributed by atoms with Crippen LogP contribution in [0.2, 0.25) is 0 Å². The molecule has 0 atom stereocenters. The Labute approximate surface area is 137 Å². The monoisotopic (exact) mass is 311 g/mol. The maximum atomic E-state index is 4.69. The fourth-order valence-corrected chi connectivity index (χ4v) is 4.24. The van der Waals surface area contributed by atoms with E-state index < -0.39 is 0 Å². The highest BCUT2D eigenvalue weighted by atomic mass is 15.3. The van der Waals surface area contributed by atoms with Gasteiger partial charge in [0.15, 0.2) is 0 Å². The number of rotatable bonds is 3. The van der Waals surface area contributed by atoms with E-state index in [1.165, 1.54) is 37.9 Å². The van der Waals surface area contributed by atoms with Crippen molar-refractivity contribution >= 4 is 5.82 Å². The number of aryl methyl sites for hydroxylation is 1. The molecule has 0 aromatic carbocycles. The molecule has 2 fully saturated rings. The lowest BCUT2D eigenvalue weighted by Crippen LogP contribution is -2.52. The highest BCUT2D eigenvalue weighted by Crippen LogP contribution is 2.39. The third-order valence-corrected chi connectivity index (χ3v) is 5.55. The van der Waals surface area contributed by atoms with E-state index in [0.717, 1.165) is 31.1 Å². The summed E-state index contributed by atoms with van der Waals surface area (Å²) in [4.78, 5) is 17.2. The predicted molar refractivity (Wildman–Crippen MR) is 91.4 cm³/mol. The normalized spacial score (nSPS) is 21.2. The average Bonchev–Trinajstić information content (AvgIpc) is 3.20.